The molecule has 0 aromatic heterocycles. The molecule has 152 valence electrons. The highest BCUT2D eigenvalue weighted by Gasteiger charge is 2.64. The molecule has 1 N–H and O–H groups in total. The molecule has 0 aliphatic heterocycles. The quantitative estimate of drug-likeness (QED) is 0.623. The summed E-state index contributed by atoms with van der Waals surface area (Å²) in [5.74, 6) is 1.39. The molecule has 3 saturated carbocycles. The first kappa shape index (κ1) is 19.5. The first-order chi connectivity index (χ1) is 12.4. The number of fused-ring (bicyclic) bond motifs is 5. The predicted molar refractivity (Wildman–Crippen MR) is 96.8 cm³/mol. The Morgan fingerprint density at radius 1 is 1.11 bits per heavy atom. The number of alkyl halides is 3. The molecule has 5 heteroatoms. The van der Waals surface area contributed by atoms with Gasteiger partial charge in [-0.15, -0.1) is 0 Å². The van der Waals surface area contributed by atoms with E-state index in [4.69, 9.17) is 0 Å². The van der Waals surface area contributed by atoms with Crippen molar-refractivity contribution >= 4 is 5.78 Å². The molecule has 8 atom stereocenters. The third-order valence-electron chi connectivity index (χ3n) is 9.18. The van der Waals surface area contributed by atoms with Crippen molar-refractivity contribution in [2.24, 2.45) is 40.4 Å². The summed E-state index contributed by atoms with van der Waals surface area (Å²) in [5, 5.41) is 10.3. The van der Waals surface area contributed by atoms with Crippen molar-refractivity contribution in [3.63, 3.8) is 0 Å². The summed E-state index contributed by atoms with van der Waals surface area (Å²) in [4.78, 5) is 12.2. The number of hydrogen-bond acceptors (Lipinski definition) is 2. The number of halogens is 3. The zero-order valence-corrected chi connectivity index (χ0v) is 16.5. The molecule has 3 fully saturated rings. The molecule has 4 aliphatic carbocycles. The highest BCUT2D eigenvalue weighted by molar-refractivity contribution is 5.80. The Labute approximate surface area is 159 Å². The standard InChI is InChI=1S/C22H31F3O2/c1-13(26)16-6-7-17-15-5-4-14-12-21(27,22(23,24)25)11-10-19(14,2)18(15)8-9-20(16,17)3/h8-9,14-18,27H,4-7,10-12H2,1-3H3/t14?,15-,16+,17-,18-,19-,20+,21?/m0/s1. The molecule has 0 spiro atoms. The van der Waals surface area contributed by atoms with Crippen molar-refractivity contribution in [2.75, 3.05) is 0 Å². The van der Waals surface area contributed by atoms with Crippen molar-refractivity contribution in [1.29, 1.82) is 0 Å². The maximum Gasteiger partial charge on any atom is 0.417 e. The largest absolute Gasteiger partial charge is 0.417 e. The van der Waals surface area contributed by atoms with E-state index in [-0.39, 0.29) is 47.2 Å². The molecule has 0 bridgehead atoms. The fourth-order valence-electron chi connectivity index (χ4n) is 7.52. The average molecular weight is 384 g/mol. The van der Waals surface area contributed by atoms with Gasteiger partial charge in [0.15, 0.2) is 5.60 Å². The van der Waals surface area contributed by atoms with Crippen molar-refractivity contribution < 1.29 is 23.1 Å². The first-order valence-electron chi connectivity index (χ1n) is 10.4. The molecule has 0 amide bonds. The van der Waals surface area contributed by atoms with Crippen LogP contribution in [0.15, 0.2) is 12.2 Å². The normalized spacial score (nSPS) is 52.0. The maximum absolute atomic E-state index is 13.4. The summed E-state index contributed by atoms with van der Waals surface area (Å²) >= 11 is 0. The second-order valence-corrected chi connectivity index (χ2v) is 10.3. The van der Waals surface area contributed by atoms with Crippen LogP contribution in [0.5, 0.6) is 0 Å². The molecule has 0 aromatic rings. The molecule has 4 rings (SSSR count). The Morgan fingerprint density at radius 2 is 1.81 bits per heavy atom. The van der Waals surface area contributed by atoms with Crippen molar-refractivity contribution in [3.05, 3.63) is 12.2 Å². The van der Waals surface area contributed by atoms with Crippen molar-refractivity contribution in [3.8, 4) is 0 Å². The monoisotopic (exact) mass is 384 g/mol. The van der Waals surface area contributed by atoms with Gasteiger partial charge in [0, 0.05) is 5.92 Å². The summed E-state index contributed by atoms with van der Waals surface area (Å²) in [7, 11) is 0. The summed E-state index contributed by atoms with van der Waals surface area (Å²) in [6.45, 7) is 6.05. The van der Waals surface area contributed by atoms with E-state index in [0.29, 0.717) is 18.3 Å². The number of Topliss-reactive ketones (excluding diaryl/α,β-unsaturated/α-hetero) is 1. The summed E-state index contributed by atoms with van der Waals surface area (Å²) in [5.41, 5.74) is -2.81. The smallest absolute Gasteiger partial charge is 0.380 e. The van der Waals surface area contributed by atoms with E-state index < -0.39 is 11.8 Å². The minimum Gasteiger partial charge on any atom is -0.380 e. The van der Waals surface area contributed by atoms with Crippen LogP contribution in [0.1, 0.15) is 65.7 Å². The van der Waals surface area contributed by atoms with Crippen molar-refractivity contribution in [2.45, 2.75) is 77.5 Å². The lowest BCUT2D eigenvalue weighted by molar-refractivity contribution is -0.287. The van der Waals surface area contributed by atoms with Crippen LogP contribution in [0.25, 0.3) is 0 Å². The highest BCUT2D eigenvalue weighted by atomic mass is 19.4. The number of hydrogen-bond donors (Lipinski definition) is 1. The third kappa shape index (κ3) is 2.59. The van der Waals surface area contributed by atoms with E-state index in [1.165, 1.54) is 0 Å². The van der Waals surface area contributed by atoms with Gasteiger partial charge in [-0.1, -0.05) is 26.0 Å². The molecule has 2 nitrogen and oxygen atoms in total. The molecule has 0 heterocycles. The lowest BCUT2D eigenvalue weighted by Gasteiger charge is -2.60. The Bertz CT molecular complexity index is 671. The van der Waals surface area contributed by atoms with Crippen LogP contribution in [-0.4, -0.2) is 22.7 Å². The topological polar surface area (TPSA) is 37.3 Å². The number of ketones is 1. The Balaban J connectivity index is 1.64. The van der Waals surface area contributed by atoms with Gasteiger partial charge in [-0.2, -0.15) is 13.2 Å². The molecule has 0 saturated heterocycles. The van der Waals surface area contributed by atoms with Gasteiger partial charge in [-0.3, -0.25) is 4.79 Å². The van der Waals surface area contributed by atoms with Gasteiger partial charge in [0.25, 0.3) is 0 Å². The van der Waals surface area contributed by atoms with Crippen LogP contribution in [0.4, 0.5) is 13.2 Å². The van der Waals surface area contributed by atoms with E-state index in [2.05, 4.69) is 26.0 Å². The van der Waals surface area contributed by atoms with Crippen LogP contribution in [0.2, 0.25) is 0 Å². The minimum absolute atomic E-state index is 0.0758. The first-order valence-corrected chi connectivity index (χ1v) is 10.4. The van der Waals surface area contributed by atoms with Gasteiger partial charge < -0.3 is 5.11 Å². The minimum atomic E-state index is -4.55. The number of aliphatic hydroxyl groups is 1. The van der Waals surface area contributed by atoms with E-state index in [9.17, 15) is 23.1 Å². The molecule has 0 aromatic carbocycles. The second-order valence-electron chi connectivity index (χ2n) is 10.3. The number of carbonyl (C=O) groups excluding carboxylic acids is 1. The summed E-state index contributed by atoms with van der Waals surface area (Å²) < 4.78 is 40.2. The predicted octanol–water partition coefficient (Wildman–Crippen LogP) is 5.30. The van der Waals surface area contributed by atoms with Crippen LogP contribution in [0.3, 0.4) is 0 Å². The lowest BCUT2D eigenvalue weighted by atomic mass is 9.45. The molecule has 2 unspecified atom stereocenters. The van der Waals surface area contributed by atoms with Crippen molar-refractivity contribution in [1.82, 2.24) is 0 Å². The zero-order chi connectivity index (χ0) is 19.8. The maximum atomic E-state index is 13.4. The second kappa shape index (κ2) is 5.84. The van der Waals surface area contributed by atoms with E-state index in [1.54, 1.807) is 6.92 Å². The van der Waals surface area contributed by atoms with Crippen LogP contribution in [0, 0.1) is 40.4 Å². The fraction of sp³-hybridized carbons (Fsp3) is 0.864. The number of rotatable bonds is 1. The summed E-state index contributed by atoms with van der Waals surface area (Å²) in [6.07, 6.45) is 3.61. The van der Waals surface area contributed by atoms with E-state index in [0.717, 1.165) is 25.7 Å². The Morgan fingerprint density at radius 3 is 2.44 bits per heavy atom. The number of carbonyl (C=O) groups is 1. The molecular formula is C22H31F3O2. The van der Waals surface area contributed by atoms with Crippen LogP contribution in [-0.2, 0) is 4.79 Å². The zero-order valence-electron chi connectivity index (χ0n) is 16.5. The van der Waals surface area contributed by atoms with Gasteiger partial charge in [0.1, 0.15) is 5.78 Å². The highest BCUT2D eigenvalue weighted by Crippen LogP contribution is 2.66. The molecule has 0 radical (unpaired) electrons. The Hall–Kier alpha value is -0.840. The Kier molecular flexibility index (Phi) is 4.21. The third-order valence-corrected chi connectivity index (χ3v) is 9.18. The van der Waals surface area contributed by atoms with Crippen LogP contribution >= 0.6 is 0 Å². The van der Waals surface area contributed by atoms with Gasteiger partial charge in [0.2, 0.25) is 0 Å². The summed E-state index contributed by atoms with van der Waals surface area (Å²) in [6, 6.07) is 0. The lowest BCUT2D eigenvalue weighted by Crippen LogP contribution is -2.58. The molecule has 4 aliphatic rings. The SMILES string of the molecule is CC(=O)[C@H]1CC[C@H]2[C@@H]3CCC4CC(O)(C(F)(F)F)CC[C@]4(C)[C@H]3C=C[C@]12C. The molecular weight excluding hydrogens is 353 g/mol. The van der Waals surface area contributed by atoms with Crippen LogP contribution < -0.4 is 0 Å². The van der Waals surface area contributed by atoms with Gasteiger partial charge in [-0.05, 0) is 86.4 Å². The number of allylic oxidation sites excluding steroid dienone is 2. The molecule has 27 heavy (non-hydrogen) atoms. The fourth-order valence-corrected chi connectivity index (χ4v) is 7.52. The van der Waals surface area contributed by atoms with Gasteiger partial charge in [0.05, 0.1) is 0 Å². The van der Waals surface area contributed by atoms with Gasteiger partial charge in [-0.25, -0.2) is 0 Å². The van der Waals surface area contributed by atoms with E-state index >= 15 is 0 Å². The van der Waals surface area contributed by atoms with E-state index in [1.807, 2.05) is 0 Å². The van der Waals surface area contributed by atoms with Gasteiger partial charge >= 0.3 is 6.18 Å². The average Bonchev–Trinajstić information content (AvgIpc) is 2.92.